The molecule has 0 aromatic rings. The first-order valence-corrected chi connectivity index (χ1v) is 4.68. The van der Waals surface area contributed by atoms with Crippen LogP contribution >= 0.6 is 0 Å². The van der Waals surface area contributed by atoms with Crippen molar-refractivity contribution in [3.8, 4) is 0 Å². The number of hydrazine groups is 1. The zero-order valence-electron chi connectivity index (χ0n) is 5.16. The summed E-state index contributed by atoms with van der Waals surface area (Å²) in [6.07, 6.45) is -0.119. The Morgan fingerprint density at radius 3 is 1.45 bits per heavy atom. The smallest absolute Gasteiger partial charge is 0.211 e. The molecule has 0 unspecified atom stereocenters. The summed E-state index contributed by atoms with van der Waals surface area (Å²) in [7, 11) is -4.76. The van der Waals surface area contributed by atoms with Gasteiger partial charge in [0, 0.05) is 0 Å². The molecule has 0 radical (unpaired) electrons. The van der Waals surface area contributed by atoms with Gasteiger partial charge in [0.2, 0.25) is 20.6 Å². The molecule has 62 valence electrons. The second kappa shape index (κ2) is 3.13. The molecule has 1 rings (SSSR count). The van der Waals surface area contributed by atoms with E-state index in [-0.39, 0.29) is 16.4 Å². The van der Waals surface area contributed by atoms with Crippen LogP contribution in [0.25, 0.3) is 0 Å². The lowest BCUT2D eigenvalue weighted by molar-refractivity contribution is 0.624. The molecule has 1 heterocycles. The summed E-state index contributed by atoms with van der Waals surface area (Å²) in [6, 6.07) is 0. The van der Waals surface area contributed by atoms with Crippen molar-refractivity contribution < 1.29 is 16.8 Å². The predicted octanol–water partition coefficient (Wildman–Crippen LogP) is -2.50. The molecule has 0 bridgehead atoms. The minimum absolute atomic E-state index is 0.0656. The SMILES string of the molecule is O=S(=O)=C1CC(=S(=O)=O)NN1. The summed E-state index contributed by atoms with van der Waals surface area (Å²) in [5.74, 6) is 0. The fourth-order valence-corrected chi connectivity index (χ4v) is 1.46. The van der Waals surface area contributed by atoms with Crippen molar-refractivity contribution in [1.82, 2.24) is 10.9 Å². The molecule has 2 N–H and O–H groups in total. The van der Waals surface area contributed by atoms with E-state index >= 15 is 0 Å². The van der Waals surface area contributed by atoms with Crippen LogP contribution in [-0.2, 0) is 20.6 Å². The number of hydrogen-bond acceptors (Lipinski definition) is 4. The second-order valence-corrected chi connectivity index (χ2v) is 3.67. The van der Waals surface area contributed by atoms with E-state index in [0.29, 0.717) is 0 Å². The first kappa shape index (κ1) is 8.40. The van der Waals surface area contributed by atoms with Gasteiger partial charge in [-0.05, 0) is 0 Å². The Morgan fingerprint density at radius 1 is 0.909 bits per heavy atom. The zero-order valence-corrected chi connectivity index (χ0v) is 6.79. The van der Waals surface area contributed by atoms with Crippen LogP contribution < -0.4 is 10.9 Å². The van der Waals surface area contributed by atoms with Crippen LogP contribution in [-0.4, -0.2) is 26.8 Å². The second-order valence-electron chi connectivity index (χ2n) is 1.74. The fraction of sp³-hybridized carbons (Fsp3) is 0.333. The highest BCUT2D eigenvalue weighted by Crippen LogP contribution is 1.87. The highest BCUT2D eigenvalue weighted by molar-refractivity contribution is 7.75. The molecule has 0 spiro atoms. The van der Waals surface area contributed by atoms with E-state index in [4.69, 9.17) is 0 Å². The number of hydrogen-bond donors (Lipinski definition) is 2. The molecular weight excluding hydrogens is 192 g/mol. The maximum absolute atomic E-state index is 10.2. The van der Waals surface area contributed by atoms with E-state index in [2.05, 4.69) is 10.9 Å². The van der Waals surface area contributed by atoms with Crippen LogP contribution in [0.3, 0.4) is 0 Å². The van der Waals surface area contributed by atoms with Gasteiger partial charge in [0.05, 0.1) is 6.42 Å². The lowest BCUT2D eigenvalue weighted by atomic mass is 10.5. The standard InChI is InChI=1S/C3H4N2O4S2/c6-10(7)2-1-3(5-4-2)11(8)9/h4-5H,1H2. The third kappa shape index (κ3) is 1.87. The van der Waals surface area contributed by atoms with E-state index in [1.54, 1.807) is 0 Å². The van der Waals surface area contributed by atoms with Crippen molar-refractivity contribution in [2.75, 3.05) is 0 Å². The number of nitrogens with one attached hydrogen (secondary N) is 2. The Hall–Kier alpha value is -0.700. The molecule has 1 aliphatic rings. The Morgan fingerprint density at radius 2 is 1.27 bits per heavy atom. The molecule has 0 aliphatic carbocycles. The highest BCUT2D eigenvalue weighted by Gasteiger charge is 2.16. The van der Waals surface area contributed by atoms with Gasteiger partial charge >= 0.3 is 0 Å². The zero-order chi connectivity index (χ0) is 8.43. The molecule has 0 saturated carbocycles. The van der Waals surface area contributed by atoms with Crippen LogP contribution in [0.15, 0.2) is 0 Å². The molecule has 11 heavy (non-hydrogen) atoms. The highest BCUT2D eigenvalue weighted by atomic mass is 32.2. The van der Waals surface area contributed by atoms with Crippen LogP contribution in [0.1, 0.15) is 6.42 Å². The average Bonchev–Trinajstić information content (AvgIpc) is 2.33. The topological polar surface area (TPSA) is 92.3 Å². The van der Waals surface area contributed by atoms with E-state index in [1.807, 2.05) is 0 Å². The van der Waals surface area contributed by atoms with Gasteiger partial charge in [0.25, 0.3) is 0 Å². The van der Waals surface area contributed by atoms with Crippen LogP contribution in [0, 0.1) is 0 Å². The average molecular weight is 196 g/mol. The Bertz CT molecular complexity index is 370. The van der Waals surface area contributed by atoms with Crippen molar-refractivity contribution in [2.24, 2.45) is 0 Å². The summed E-state index contributed by atoms with van der Waals surface area (Å²) in [5, 5.41) is 0. The number of rotatable bonds is 0. The van der Waals surface area contributed by atoms with E-state index < -0.39 is 20.6 Å². The molecule has 1 aliphatic heterocycles. The molecule has 0 aromatic carbocycles. The van der Waals surface area contributed by atoms with Gasteiger partial charge in [0.15, 0.2) is 0 Å². The van der Waals surface area contributed by atoms with Gasteiger partial charge in [-0.1, -0.05) is 0 Å². The third-order valence-corrected chi connectivity index (χ3v) is 2.36. The van der Waals surface area contributed by atoms with Crippen LogP contribution in [0.5, 0.6) is 0 Å². The molecule has 8 heteroatoms. The van der Waals surface area contributed by atoms with Gasteiger partial charge in [-0.25, -0.2) is 10.9 Å². The van der Waals surface area contributed by atoms with Gasteiger partial charge in [0.1, 0.15) is 9.98 Å². The van der Waals surface area contributed by atoms with Crippen molar-refractivity contribution >= 4 is 30.6 Å². The predicted molar refractivity (Wildman–Crippen MR) is 38.7 cm³/mol. The molecule has 0 amide bonds. The first-order chi connectivity index (χ1) is 5.11. The summed E-state index contributed by atoms with van der Waals surface area (Å²) in [4.78, 5) is -0.131. The molecule has 1 saturated heterocycles. The van der Waals surface area contributed by atoms with Gasteiger partial charge in [-0.2, -0.15) is 16.8 Å². The van der Waals surface area contributed by atoms with E-state index in [1.165, 1.54) is 0 Å². The lowest BCUT2D eigenvalue weighted by Crippen LogP contribution is -2.29. The first-order valence-electron chi connectivity index (χ1n) is 2.53. The van der Waals surface area contributed by atoms with Gasteiger partial charge < -0.3 is 0 Å². The van der Waals surface area contributed by atoms with Gasteiger partial charge in [-0.3, -0.25) is 0 Å². The summed E-state index contributed by atoms with van der Waals surface area (Å²) < 4.78 is 40.9. The monoisotopic (exact) mass is 196 g/mol. The fourth-order valence-electron chi connectivity index (χ4n) is 0.575. The third-order valence-electron chi connectivity index (χ3n) is 1.06. The summed E-state index contributed by atoms with van der Waals surface area (Å²) in [5.41, 5.74) is 4.42. The molecule has 6 nitrogen and oxygen atoms in total. The quantitative estimate of drug-likeness (QED) is 0.416. The van der Waals surface area contributed by atoms with E-state index in [9.17, 15) is 16.8 Å². The normalized spacial score (nSPS) is 17.1. The van der Waals surface area contributed by atoms with E-state index in [0.717, 1.165) is 0 Å². The van der Waals surface area contributed by atoms with Crippen molar-refractivity contribution in [2.45, 2.75) is 6.42 Å². The molecule has 0 aromatic heterocycles. The Kier molecular flexibility index (Phi) is 2.39. The van der Waals surface area contributed by atoms with Crippen molar-refractivity contribution in [1.29, 1.82) is 0 Å². The summed E-state index contributed by atoms with van der Waals surface area (Å²) >= 11 is 0. The largest absolute Gasteiger partial charge is 0.229 e. The van der Waals surface area contributed by atoms with Gasteiger partial charge in [-0.15, -0.1) is 0 Å². The minimum atomic E-state index is -2.38. The Balaban J connectivity index is 3.14. The van der Waals surface area contributed by atoms with Crippen molar-refractivity contribution in [3.05, 3.63) is 0 Å². The van der Waals surface area contributed by atoms with Crippen LogP contribution in [0.4, 0.5) is 0 Å². The minimum Gasteiger partial charge on any atom is -0.211 e. The molecular formula is C3H4N2O4S2. The van der Waals surface area contributed by atoms with Crippen LogP contribution in [0.2, 0.25) is 0 Å². The summed E-state index contributed by atoms with van der Waals surface area (Å²) in [6.45, 7) is 0. The lowest BCUT2D eigenvalue weighted by Gasteiger charge is -1.83. The van der Waals surface area contributed by atoms with Crippen molar-refractivity contribution in [3.63, 3.8) is 0 Å². The Labute approximate surface area is 65.3 Å². The maximum Gasteiger partial charge on any atom is 0.229 e. The molecule has 0 atom stereocenters. The maximum atomic E-state index is 10.2. The molecule has 1 fully saturated rings.